The average molecular weight is 611 g/mol. The molecular formula is C26H33F3N8O4S. The summed E-state index contributed by atoms with van der Waals surface area (Å²) < 4.78 is 66.3. The number of likely N-dealkylation sites (tertiary alicyclic amines) is 1. The molecule has 0 atom stereocenters. The number of sulfonamides is 1. The average Bonchev–Trinajstić information content (AvgIpc) is 3.51. The van der Waals surface area contributed by atoms with Gasteiger partial charge in [0.2, 0.25) is 21.9 Å². The van der Waals surface area contributed by atoms with Crippen LogP contribution in [0.25, 0.3) is 0 Å². The zero-order chi connectivity index (χ0) is 29.6. The summed E-state index contributed by atoms with van der Waals surface area (Å²) in [6, 6.07) is 0. The first-order chi connectivity index (χ1) is 20.0. The van der Waals surface area contributed by atoms with Crippen LogP contribution in [-0.4, -0.2) is 99.7 Å². The van der Waals surface area contributed by atoms with Crippen LogP contribution in [-0.2, 0) is 40.5 Å². The Kier molecular flexibility index (Phi) is 7.72. The molecule has 2 saturated heterocycles. The molecule has 0 bridgehead atoms. The minimum atomic E-state index is -4.50. The Hall–Kier alpha value is -3.11. The summed E-state index contributed by atoms with van der Waals surface area (Å²) in [5.74, 6) is 0.0255. The third-order valence-corrected chi connectivity index (χ3v) is 11.2. The van der Waals surface area contributed by atoms with Crippen LogP contribution in [0.2, 0.25) is 0 Å². The van der Waals surface area contributed by atoms with Crippen molar-refractivity contribution in [1.29, 1.82) is 0 Å². The highest BCUT2D eigenvalue weighted by atomic mass is 32.2. The molecule has 6 rings (SSSR count). The summed E-state index contributed by atoms with van der Waals surface area (Å²) in [7, 11) is -3.44. The van der Waals surface area contributed by atoms with E-state index in [1.165, 1.54) is 4.31 Å². The van der Waals surface area contributed by atoms with E-state index in [4.69, 9.17) is 0 Å². The maximum atomic E-state index is 13.2. The summed E-state index contributed by atoms with van der Waals surface area (Å²) in [6.45, 7) is 3.53. The number of anilines is 1. The van der Waals surface area contributed by atoms with E-state index in [2.05, 4.69) is 25.1 Å². The fourth-order valence-electron chi connectivity index (χ4n) is 6.34. The molecule has 16 heteroatoms. The van der Waals surface area contributed by atoms with Crippen molar-refractivity contribution < 1.29 is 26.4 Å². The van der Waals surface area contributed by atoms with Crippen molar-refractivity contribution in [3.05, 3.63) is 45.1 Å². The molecule has 3 fully saturated rings. The number of nitrogens with one attached hydrogen (secondary N) is 1. The number of hydrogen-bond acceptors (Lipinski definition) is 9. The number of aromatic nitrogens is 4. The fraction of sp³-hybridized carbons (Fsp3) is 0.654. The molecule has 228 valence electrons. The van der Waals surface area contributed by atoms with E-state index in [-0.39, 0.29) is 41.7 Å². The SMILES string of the molecule is O=C(C1CN(Cc2n[nH]c(=O)c3c2CN(S(=O)(=O)C2CCCC2)CC3)C1)N1CCN(c2ncc(C(F)(F)F)cn2)CC1. The van der Waals surface area contributed by atoms with Crippen molar-refractivity contribution in [2.45, 2.75) is 56.6 Å². The van der Waals surface area contributed by atoms with Gasteiger partial charge >= 0.3 is 6.18 Å². The molecule has 42 heavy (non-hydrogen) atoms. The lowest BCUT2D eigenvalue weighted by Gasteiger charge is -2.43. The molecule has 2 aromatic heterocycles. The van der Waals surface area contributed by atoms with Gasteiger partial charge in [-0.2, -0.15) is 22.6 Å². The smallest absolute Gasteiger partial charge is 0.339 e. The number of nitrogens with zero attached hydrogens (tertiary/aromatic N) is 7. The van der Waals surface area contributed by atoms with Gasteiger partial charge in [-0.1, -0.05) is 12.8 Å². The van der Waals surface area contributed by atoms with Gasteiger partial charge in [0, 0.05) is 82.4 Å². The Morgan fingerprint density at radius 1 is 1.00 bits per heavy atom. The summed E-state index contributed by atoms with van der Waals surface area (Å²) in [5.41, 5.74) is 0.693. The van der Waals surface area contributed by atoms with Gasteiger partial charge in [-0.3, -0.25) is 14.5 Å². The van der Waals surface area contributed by atoms with E-state index in [1.54, 1.807) is 9.80 Å². The summed E-state index contributed by atoms with van der Waals surface area (Å²) >= 11 is 0. The Morgan fingerprint density at radius 3 is 2.31 bits per heavy atom. The van der Waals surface area contributed by atoms with Gasteiger partial charge < -0.3 is 9.80 Å². The molecule has 1 aliphatic carbocycles. The van der Waals surface area contributed by atoms with Crippen LogP contribution in [0.5, 0.6) is 0 Å². The molecule has 0 unspecified atom stereocenters. The number of hydrogen-bond donors (Lipinski definition) is 1. The molecule has 0 spiro atoms. The lowest BCUT2D eigenvalue weighted by Crippen LogP contribution is -2.57. The number of H-pyrrole nitrogens is 1. The van der Waals surface area contributed by atoms with E-state index < -0.39 is 21.8 Å². The van der Waals surface area contributed by atoms with E-state index in [9.17, 15) is 31.2 Å². The van der Waals surface area contributed by atoms with Crippen LogP contribution < -0.4 is 10.5 Å². The number of aromatic amines is 1. The number of fused-ring (bicyclic) bond motifs is 1. The van der Waals surface area contributed by atoms with Gasteiger partial charge in [0.05, 0.1) is 22.4 Å². The largest absolute Gasteiger partial charge is 0.419 e. The maximum absolute atomic E-state index is 13.2. The molecule has 4 aliphatic rings. The van der Waals surface area contributed by atoms with Crippen molar-refractivity contribution in [1.82, 2.24) is 34.3 Å². The number of piperazine rings is 1. The van der Waals surface area contributed by atoms with Crippen LogP contribution in [0.1, 0.15) is 48.1 Å². The molecule has 1 amide bonds. The minimum Gasteiger partial charge on any atom is -0.339 e. The predicted octanol–water partition coefficient (Wildman–Crippen LogP) is 0.990. The number of alkyl halides is 3. The molecule has 2 aromatic rings. The number of halogens is 3. The number of carbonyl (C=O) groups is 1. The summed E-state index contributed by atoms with van der Waals surface area (Å²) in [5, 5.41) is 6.47. The third-order valence-electron chi connectivity index (χ3n) is 8.83. The van der Waals surface area contributed by atoms with Gasteiger partial charge in [0.15, 0.2) is 0 Å². The predicted molar refractivity (Wildman–Crippen MR) is 145 cm³/mol. The van der Waals surface area contributed by atoms with Crippen molar-refractivity contribution in [2.24, 2.45) is 5.92 Å². The molecule has 5 heterocycles. The second-order valence-electron chi connectivity index (χ2n) is 11.5. The molecule has 1 N–H and O–H groups in total. The monoisotopic (exact) mass is 610 g/mol. The highest BCUT2D eigenvalue weighted by molar-refractivity contribution is 7.89. The first-order valence-electron chi connectivity index (χ1n) is 14.2. The number of amides is 1. The second kappa shape index (κ2) is 11.2. The molecule has 0 aromatic carbocycles. The van der Waals surface area contributed by atoms with E-state index in [0.29, 0.717) is 81.9 Å². The normalized spacial score (nSPS) is 21.4. The van der Waals surface area contributed by atoms with Crippen molar-refractivity contribution in [2.75, 3.05) is 50.7 Å². The van der Waals surface area contributed by atoms with Crippen LogP contribution in [0.15, 0.2) is 17.2 Å². The fourth-order valence-corrected chi connectivity index (χ4v) is 8.34. The van der Waals surface area contributed by atoms with E-state index in [0.717, 1.165) is 25.2 Å². The summed E-state index contributed by atoms with van der Waals surface area (Å²) in [4.78, 5) is 38.9. The zero-order valence-corrected chi connectivity index (χ0v) is 23.8. The van der Waals surface area contributed by atoms with Crippen LogP contribution in [0.4, 0.5) is 19.1 Å². The standard InChI is InChI=1S/C26H33F3N8O4S/c27-26(28,29)18-11-30-25(31-12-18)36-9-7-35(8-10-36)24(39)17-13-34(14-17)16-22-21-15-37(6-5-20(21)23(38)33-32-22)42(40,41)19-3-1-2-4-19/h11-12,17,19H,1-10,13-16H2,(H,33,38). The second-order valence-corrected chi connectivity index (χ2v) is 13.7. The van der Waals surface area contributed by atoms with E-state index in [1.807, 2.05) is 0 Å². The molecule has 3 aliphatic heterocycles. The van der Waals surface area contributed by atoms with Crippen molar-refractivity contribution in [3.63, 3.8) is 0 Å². The minimum absolute atomic E-state index is 0.0181. The highest BCUT2D eigenvalue weighted by Gasteiger charge is 2.40. The van der Waals surface area contributed by atoms with Crippen molar-refractivity contribution >= 4 is 21.9 Å². The molecular weight excluding hydrogens is 577 g/mol. The van der Waals surface area contributed by atoms with Gasteiger partial charge in [-0.25, -0.2) is 23.5 Å². The Labute approximate surface area is 241 Å². The Balaban J connectivity index is 1.03. The van der Waals surface area contributed by atoms with Gasteiger partial charge in [0.1, 0.15) is 0 Å². The molecule has 0 radical (unpaired) electrons. The lowest BCUT2D eigenvalue weighted by molar-refractivity contribution is -0.142. The Bertz CT molecular complexity index is 1480. The van der Waals surface area contributed by atoms with Crippen LogP contribution in [0, 0.1) is 5.92 Å². The quantitative estimate of drug-likeness (QED) is 0.508. The Morgan fingerprint density at radius 2 is 1.67 bits per heavy atom. The van der Waals surface area contributed by atoms with Gasteiger partial charge in [-0.15, -0.1) is 0 Å². The third kappa shape index (κ3) is 5.63. The highest BCUT2D eigenvalue weighted by Crippen LogP contribution is 2.32. The molecule has 1 saturated carbocycles. The van der Waals surface area contributed by atoms with Crippen LogP contribution >= 0.6 is 0 Å². The first kappa shape index (κ1) is 29.0. The lowest BCUT2D eigenvalue weighted by atomic mass is 9.96. The van der Waals surface area contributed by atoms with Crippen molar-refractivity contribution in [3.8, 4) is 0 Å². The topological polar surface area (TPSA) is 136 Å². The maximum Gasteiger partial charge on any atom is 0.419 e. The van der Waals surface area contributed by atoms with Gasteiger partial charge in [0.25, 0.3) is 5.56 Å². The number of carbonyl (C=O) groups excluding carboxylic acids is 1. The van der Waals surface area contributed by atoms with E-state index >= 15 is 0 Å². The van der Waals surface area contributed by atoms with Gasteiger partial charge in [-0.05, 0) is 19.3 Å². The number of rotatable bonds is 6. The zero-order valence-electron chi connectivity index (χ0n) is 23.0. The summed E-state index contributed by atoms with van der Waals surface area (Å²) in [6.07, 6.45) is 0.561. The van der Waals surface area contributed by atoms with Crippen LogP contribution in [0.3, 0.4) is 0 Å². The first-order valence-corrected chi connectivity index (χ1v) is 15.7. The molecule has 12 nitrogen and oxygen atoms in total.